The van der Waals surface area contributed by atoms with Gasteiger partial charge >= 0.3 is 57.4 Å². The Kier molecular flexibility index (Phi) is 14.1. The summed E-state index contributed by atoms with van der Waals surface area (Å²) in [6, 6.07) is 11.4. The van der Waals surface area contributed by atoms with E-state index in [1.165, 1.54) is 37.6 Å². The summed E-state index contributed by atoms with van der Waals surface area (Å²) in [5.41, 5.74) is 8.16. The minimum atomic E-state index is -1.45. The molecule has 4 aromatic rings. The fourth-order valence-corrected chi connectivity index (χ4v) is 3.52. The van der Waals surface area contributed by atoms with Crippen LogP contribution in [0, 0.1) is 0 Å². The van der Waals surface area contributed by atoms with E-state index in [0.29, 0.717) is 34.8 Å². The quantitative estimate of drug-likeness (QED) is 0.159. The smallest absolute Gasteiger partial charge is 0.543 e. The zero-order chi connectivity index (χ0) is 27.2. The molecule has 1 aliphatic heterocycles. The first kappa shape index (κ1) is 35.7. The molecule has 13 nitrogen and oxygen atoms in total. The van der Waals surface area contributed by atoms with Gasteiger partial charge in [-0.2, -0.15) is 0 Å². The zero-order valence-corrected chi connectivity index (χ0v) is 25.3. The summed E-state index contributed by atoms with van der Waals surface area (Å²) in [6.07, 6.45) is 2.48. The average molecular weight is 609 g/mol. The number of aromatic nitrogens is 3. The number of carboxylic acid groups (broad SMARTS) is 1. The van der Waals surface area contributed by atoms with Gasteiger partial charge in [-0.3, -0.25) is 9.59 Å². The molecule has 0 aliphatic carbocycles. The van der Waals surface area contributed by atoms with Crippen molar-refractivity contribution in [1.82, 2.24) is 15.0 Å². The number of rotatable bonds is 5. The maximum atomic E-state index is 12.3. The molecule has 0 spiro atoms. The third-order valence-electron chi connectivity index (χ3n) is 5.39. The van der Waals surface area contributed by atoms with Crippen LogP contribution < -0.4 is 77.6 Å². The Bertz CT molecular complexity index is 1550. The molecule has 41 heavy (non-hydrogen) atoms. The van der Waals surface area contributed by atoms with Gasteiger partial charge in [-0.15, -0.1) is 12.4 Å². The van der Waals surface area contributed by atoms with E-state index in [-0.39, 0.29) is 100 Å². The molecule has 0 fully saturated rings. The van der Waals surface area contributed by atoms with E-state index in [2.05, 4.69) is 30.3 Å². The van der Waals surface area contributed by atoms with Gasteiger partial charge in [-0.25, -0.2) is 14.8 Å². The molecular weight excluding hydrogens is 583 g/mol. The van der Waals surface area contributed by atoms with Crippen LogP contribution in [0.1, 0.15) is 44.2 Å². The first-order chi connectivity index (χ1) is 18.3. The van der Waals surface area contributed by atoms with E-state index in [9.17, 15) is 24.3 Å². The molecule has 0 saturated carbocycles. The number of aromatic carboxylic acids is 1. The van der Waals surface area contributed by atoms with Gasteiger partial charge in [0.1, 0.15) is 23.3 Å². The minimum absolute atomic E-state index is 0. The Labute approximate surface area is 283 Å². The van der Waals surface area contributed by atoms with Gasteiger partial charge in [0.25, 0.3) is 11.8 Å². The van der Waals surface area contributed by atoms with Crippen LogP contribution in [0.2, 0.25) is 0 Å². The number of aromatic amines is 1. The molecule has 2 amide bonds. The fourth-order valence-electron chi connectivity index (χ4n) is 3.52. The third-order valence-corrected chi connectivity index (χ3v) is 5.39. The van der Waals surface area contributed by atoms with E-state index in [4.69, 9.17) is 10.5 Å². The Hall–Kier alpha value is -3.37. The molecular formula is C26H26ClKN6O7. The van der Waals surface area contributed by atoms with Crippen molar-refractivity contribution in [3.05, 3.63) is 77.4 Å². The molecule has 5 N–H and O–H groups in total. The summed E-state index contributed by atoms with van der Waals surface area (Å²) in [5.74, 6) is -1.83. The van der Waals surface area contributed by atoms with Crippen molar-refractivity contribution in [2.24, 2.45) is 5.73 Å². The molecule has 0 atom stereocenters. The van der Waals surface area contributed by atoms with Gasteiger partial charge in [0.2, 0.25) is 0 Å². The second-order valence-corrected chi connectivity index (χ2v) is 7.83. The summed E-state index contributed by atoms with van der Waals surface area (Å²) >= 11 is 0. The number of nitrogens with two attached hydrogens (primary N) is 1. The molecule has 0 radical (unpaired) electrons. The molecule has 0 unspecified atom stereocenters. The van der Waals surface area contributed by atoms with E-state index < -0.39 is 17.8 Å². The number of carbonyl (C=O) groups excluding carboxylic acids is 4. The van der Waals surface area contributed by atoms with Crippen molar-refractivity contribution in [2.75, 3.05) is 24.4 Å². The van der Waals surface area contributed by atoms with Crippen LogP contribution in [-0.4, -0.2) is 52.4 Å². The van der Waals surface area contributed by atoms with Crippen LogP contribution in [0.4, 0.5) is 11.4 Å². The van der Waals surface area contributed by atoms with Gasteiger partial charge in [-0.05, 0) is 42.0 Å². The van der Waals surface area contributed by atoms with Gasteiger partial charge in [-0.1, -0.05) is 13.5 Å². The molecule has 210 valence electrons. The molecule has 3 heterocycles. The number of hydrogen-bond donors (Lipinski definition) is 4. The van der Waals surface area contributed by atoms with Crippen molar-refractivity contribution < 1.29 is 85.1 Å². The minimum Gasteiger partial charge on any atom is -0.543 e. The van der Waals surface area contributed by atoms with Crippen LogP contribution >= 0.6 is 12.4 Å². The molecule has 2 aromatic carbocycles. The maximum absolute atomic E-state index is 12.3. The van der Waals surface area contributed by atoms with Crippen LogP contribution in [0.3, 0.4) is 0 Å². The van der Waals surface area contributed by atoms with Crippen molar-refractivity contribution in [3.63, 3.8) is 0 Å². The van der Waals surface area contributed by atoms with Gasteiger partial charge < -0.3 is 40.7 Å². The number of amides is 2. The average Bonchev–Trinajstić information content (AvgIpc) is 3.35. The normalized spacial score (nSPS) is 10.9. The summed E-state index contributed by atoms with van der Waals surface area (Å²) in [6.45, 7) is 0.554. The zero-order valence-electron chi connectivity index (χ0n) is 21.3. The van der Waals surface area contributed by atoms with Crippen molar-refractivity contribution in [2.45, 2.75) is 14.0 Å². The summed E-state index contributed by atoms with van der Waals surface area (Å²) in [7, 11) is 1.27. The van der Waals surface area contributed by atoms with Crippen LogP contribution in [-0.2, 0) is 16.1 Å². The van der Waals surface area contributed by atoms with Crippen molar-refractivity contribution in [3.8, 4) is 5.75 Å². The predicted octanol–water partition coefficient (Wildman–Crippen LogP) is -1.10. The standard InChI is InChI=1S/C16H12N4O5.C9H10N2O2.CH4.ClH.K/c1-25-16(24)9-4-2-8(3-5-9)14(21)20-10-6-17-12-11(10)18-7-19-13(12)15(22)23;10-4-6-1-2-8-7(3-6)11-9(12)5-13-8;;;/h2-7,17H,1H3,(H,20,21)(H,22,23);1-3H,4-5,10H2,(H,11,12);1H4;1H;/q;;;;+1/p-1. The van der Waals surface area contributed by atoms with E-state index in [1.807, 2.05) is 18.2 Å². The number of H-pyrrole nitrogens is 1. The number of hydrogen-bond acceptors (Lipinski definition) is 10. The van der Waals surface area contributed by atoms with Crippen LogP contribution in [0.15, 0.2) is 55.0 Å². The van der Waals surface area contributed by atoms with Crippen LogP contribution in [0.25, 0.3) is 11.0 Å². The Balaban J connectivity index is 0.000000448. The topological polar surface area (TPSA) is 201 Å². The molecule has 0 bridgehead atoms. The van der Waals surface area contributed by atoms with E-state index in [0.717, 1.165) is 11.9 Å². The van der Waals surface area contributed by atoms with Crippen LogP contribution in [0.5, 0.6) is 5.75 Å². The second kappa shape index (κ2) is 16.2. The van der Waals surface area contributed by atoms with E-state index >= 15 is 0 Å². The number of ether oxygens (including phenoxy) is 2. The number of halogens is 1. The summed E-state index contributed by atoms with van der Waals surface area (Å²) < 4.78 is 9.77. The molecule has 0 saturated heterocycles. The fraction of sp³-hybridized carbons (Fsp3) is 0.154. The summed E-state index contributed by atoms with van der Waals surface area (Å²) in [4.78, 5) is 56.0. The molecule has 2 aromatic heterocycles. The largest absolute Gasteiger partial charge is 1.00 e. The molecule has 15 heteroatoms. The number of benzene rings is 2. The monoisotopic (exact) mass is 608 g/mol. The second-order valence-electron chi connectivity index (χ2n) is 7.83. The number of carbonyl (C=O) groups is 4. The summed E-state index contributed by atoms with van der Waals surface area (Å²) in [5, 5.41) is 16.4. The third kappa shape index (κ3) is 8.56. The Morgan fingerprint density at radius 3 is 2.44 bits per heavy atom. The number of anilines is 2. The maximum Gasteiger partial charge on any atom is 1.00 e. The Morgan fingerprint density at radius 2 is 1.80 bits per heavy atom. The number of nitrogens with zero attached hydrogens (tertiary/aromatic N) is 2. The molecule has 5 rings (SSSR count). The predicted molar refractivity (Wildman–Crippen MR) is 146 cm³/mol. The Morgan fingerprint density at radius 1 is 1.12 bits per heavy atom. The van der Waals surface area contributed by atoms with Gasteiger partial charge in [0.15, 0.2) is 6.61 Å². The van der Waals surface area contributed by atoms with Crippen molar-refractivity contribution >= 4 is 58.6 Å². The first-order valence-corrected chi connectivity index (χ1v) is 11.1. The number of carboxylic acids is 1. The number of esters is 1. The van der Waals surface area contributed by atoms with E-state index in [1.54, 1.807) is 0 Å². The van der Waals surface area contributed by atoms with Crippen molar-refractivity contribution in [1.29, 1.82) is 0 Å². The number of fused-ring (bicyclic) bond motifs is 2. The SMILES string of the molecule is C.COC(=O)c1ccc(C(=O)Nc2c[nH]c3c(C(=O)[O-])ncnc23)cc1.Cl.NCc1ccc2c(c1)NC(=O)CO2.[K+]. The first-order valence-electron chi connectivity index (χ1n) is 11.1. The van der Waals surface area contributed by atoms with Gasteiger partial charge in [0.05, 0.1) is 35.5 Å². The molecule has 1 aliphatic rings. The number of methoxy groups -OCH3 is 1. The number of nitrogens with one attached hydrogen (secondary N) is 3. The van der Waals surface area contributed by atoms with Gasteiger partial charge in [0, 0.05) is 18.3 Å².